The van der Waals surface area contributed by atoms with Gasteiger partial charge in [0.2, 0.25) is 17.7 Å². The lowest BCUT2D eigenvalue weighted by molar-refractivity contribution is -0.142. The number of carboxylic acids is 2. The van der Waals surface area contributed by atoms with Crippen LogP contribution in [0.25, 0.3) is 0 Å². The molecule has 0 saturated carbocycles. The molecule has 302 valence electrons. The summed E-state index contributed by atoms with van der Waals surface area (Å²) in [6.07, 6.45) is 3.15. The topological polar surface area (TPSA) is 232 Å². The highest BCUT2D eigenvalue weighted by Crippen LogP contribution is 2.29. The van der Waals surface area contributed by atoms with E-state index in [1.165, 1.54) is 24.0 Å². The van der Waals surface area contributed by atoms with Gasteiger partial charge in [-0.1, -0.05) is 66.7 Å². The molecule has 0 fully saturated rings. The molecular formula is C39H56N6O10. The highest BCUT2D eigenvalue weighted by molar-refractivity contribution is 6.12. The number of aliphatic carboxylic acids is 2. The number of carbonyl (C=O) groups excluding carboxylic acids is 6. The van der Waals surface area contributed by atoms with Crippen LogP contribution >= 0.6 is 0 Å². The van der Waals surface area contributed by atoms with E-state index in [4.69, 9.17) is 5.11 Å². The van der Waals surface area contributed by atoms with Gasteiger partial charge in [-0.25, -0.2) is 4.79 Å². The van der Waals surface area contributed by atoms with Crippen LogP contribution in [0.2, 0.25) is 0 Å². The summed E-state index contributed by atoms with van der Waals surface area (Å²) in [6.45, 7) is 14.4. The highest BCUT2D eigenvalue weighted by atomic mass is 16.4. The highest BCUT2D eigenvalue weighted by Gasteiger charge is 2.42. The maximum atomic E-state index is 14.2. The monoisotopic (exact) mass is 768 g/mol. The van der Waals surface area contributed by atoms with Crippen LogP contribution in [0.4, 0.5) is 0 Å². The molecule has 16 heteroatoms. The number of nitrogens with zero attached hydrogens (tertiary/aromatic N) is 2. The lowest BCUT2D eigenvalue weighted by atomic mass is 9.76. The number of benzene rings is 1. The first-order chi connectivity index (χ1) is 25.4. The lowest BCUT2D eigenvalue weighted by Gasteiger charge is -2.40. The number of likely N-dealkylation sites (N-methyl/N-ethyl adjacent to an activating group) is 2. The van der Waals surface area contributed by atoms with Crippen LogP contribution in [0.3, 0.4) is 0 Å². The van der Waals surface area contributed by atoms with Crippen LogP contribution in [0.5, 0.6) is 0 Å². The van der Waals surface area contributed by atoms with Gasteiger partial charge in [-0.2, -0.15) is 0 Å². The van der Waals surface area contributed by atoms with Crippen LogP contribution < -0.4 is 21.3 Å². The van der Waals surface area contributed by atoms with Crippen molar-refractivity contribution < 1.29 is 48.6 Å². The second-order valence-electron chi connectivity index (χ2n) is 15.6. The number of rotatable bonds is 19. The summed E-state index contributed by atoms with van der Waals surface area (Å²) in [7, 11) is 3.19. The first-order valence-electron chi connectivity index (χ1n) is 18.0. The van der Waals surface area contributed by atoms with Crippen molar-refractivity contribution in [1.82, 2.24) is 31.1 Å². The predicted molar refractivity (Wildman–Crippen MR) is 203 cm³/mol. The molecule has 1 aliphatic rings. The standard InChI is InChI=1S/C39H56N6O10/c1-22(2)27(21-23(3)33(50)42-26(37(54)55)15-18-30(48)49)44(10)36(53)32(38(4,5)6)43-35(52)31(40-9)39(7,8)25-13-11-24(12-14-25)34(51)41-19-20-45-28(46)16-17-29(45)47/h11-14,16-17,21-22,26-27,31-32,40H,15,18-20H2,1-10H3,(H,41,51)(H,42,50)(H,43,52)(H,48,49)(H,54,55)/b23-21+/t26-,27-,31?,32?/m1/s1. The summed E-state index contributed by atoms with van der Waals surface area (Å²) in [5.74, 6) is -5.65. The van der Waals surface area contributed by atoms with Crippen molar-refractivity contribution in [3.8, 4) is 0 Å². The SMILES string of the molecule is CNC(C(=O)NC(C(=O)N(C)[C@H](/C=C(\C)C(=O)N[C@H](CCC(=O)O)C(=O)O)C(C)C)C(C)(C)C)C(C)(C)c1ccc(C(=O)NCCN2C(=O)C=CC2=O)cc1. The summed E-state index contributed by atoms with van der Waals surface area (Å²) in [5.41, 5.74) is -0.420. The van der Waals surface area contributed by atoms with Gasteiger partial charge in [-0.3, -0.25) is 38.5 Å². The zero-order valence-electron chi connectivity index (χ0n) is 33.3. The molecule has 0 radical (unpaired) electrons. The molecule has 6 N–H and O–H groups in total. The Balaban J connectivity index is 2.23. The summed E-state index contributed by atoms with van der Waals surface area (Å²) in [4.78, 5) is 103. The molecular weight excluding hydrogens is 712 g/mol. The molecule has 1 heterocycles. The van der Waals surface area contributed by atoms with Crippen molar-refractivity contribution >= 4 is 47.4 Å². The molecule has 1 aliphatic heterocycles. The Labute approximate surface area is 322 Å². The summed E-state index contributed by atoms with van der Waals surface area (Å²) in [6, 6.07) is 2.77. The minimum atomic E-state index is -1.42. The molecule has 2 rings (SSSR count). The number of hydrogen-bond acceptors (Lipinski definition) is 9. The smallest absolute Gasteiger partial charge is 0.326 e. The molecule has 6 amide bonds. The number of nitrogens with one attached hydrogen (secondary N) is 4. The average molecular weight is 769 g/mol. The third kappa shape index (κ3) is 12.3. The zero-order valence-corrected chi connectivity index (χ0v) is 33.3. The second kappa shape index (κ2) is 19.3. The first kappa shape index (κ1) is 45.8. The fraction of sp³-hybridized carbons (Fsp3) is 0.538. The number of carboxylic acid groups (broad SMARTS) is 2. The van der Waals surface area contributed by atoms with Crippen molar-refractivity contribution in [3.63, 3.8) is 0 Å². The maximum absolute atomic E-state index is 14.2. The molecule has 4 atom stereocenters. The predicted octanol–water partition coefficient (Wildman–Crippen LogP) is 1.60. The fourth-order valence-electron chi connectivity index (χ4n) is 6.18. The van der Waals surface area contributed by atoms with Gasteiger partial charge in [-0.15, -0.1) is 0 Å². The third-order valence-electron chi connectivity index (χ3n) is 9.59. The van der Waals surface area contributed by atoms with E-state index >= 15 is 0 Å². The summed E-state index contributed by atoms with van der Waals surface area (Å²) >= 11 is 0. The Morgan fingerprint density at radius 1 is 0.891 bits per heavy atom. The minimum Gasteiger partial charge on any atom is -0.481 e. The van der Waals surface area contributed by atoms with Crippen LogP contribution in [0.1, 0.15) is 84.2 Å². The van der Waals surface area contributed by atoms with E-state index in [9.17, 15) is 43.5 Å². The maximum Gasteiger partial charge on any atom is 0.326 e. The van der Waals surface area contributed by atoms with Gasteiger partial charge < -0.3 is 36.4 Å². The molecule has 0 spiro atoms. The van der Waals surface area contributed by atoms with Crippen LogP contribution in [-0.4, -0.2) is 119 Å². The van der Waals surface area contributed by atoms with Gasteiger partial charge >= 0.3 is 11.9 Å². The number of hydrogen-bond donors (Lipinski definition) is 6. The minimum absolute atomic E-state index is 0.0342. The summed E-state index contributed by atoms with van der Waals surface area (Å²) in [5, 5.41) is 29.5. The molecule has 1 aromatic rings. The Hall–Kier alpha value is -5.38. The molecule has 0 aromatic heterocycles. The lowest BCUT2D eigenvalue weighted by Crippen LogP contribution is -2.61. The van der Waals surface area contributed by atoms with Crippen LogP contribution in [0, 0.1) is 11.3 Å². The zero-order chi connectivity index (χ0) is 42.0. The molecule has 16 nitrogen and oxygen atoms in total. The van der Waals surface area contributed by atoms with Gasteiger partial charge in [-0.05, 0) is 49.4 Å². The van der Waals surface area contributed by atoms with Crippen LogP contribution in [0.15, 0.2) is 48.1 Å². The van der Waals surface area contributed by atoms with E-state index in [1.807, 2.05) is 48.5 Å². The van der Waals surface area contributed by atoms with Gasteiger partial charge in [0.25, 0.3) is 17.7 Å². The number of imide groups is 1. The molecule has 55 heavy (non-hydrogen) atoms. The van der Waals surface area contributed by atoms with Crippen molar-refractivity contribution in [1.29, 1.82) is 0 Å². The van der Waals surface area contributed by atoms with E-state index < -0.39 is 88.8 Å². The molecule has 0 saturated heterocycles. The first-order valence-corrected chi connectivity index (χ1v) is 18.0. The normalized spacial score (nSPS) is 15.6. The van der Waals surface area contributed by atoms with Gasteiger partial charge in [0.1, 0.15) is 12.1 Å². The van der Waals surface area contributed by atoms with Gasteiger partial charge in [0.15, 0.2) is 0 Å². The van der Waals surface area contributed by atoms with E-state index in [0.29, 0.717) is 5.56 Å². The van der Waals surface area contributed by atoms with Crippen molar-refractivity contribution in [2.45, 2.75) is 97.8 Å². The van der Waals surface area contributed by atoms with E-state index in [0.717, 1.165) is 10.5 Å². The third-order valence-corrected chi connectivity index (χ3v) is 9.59. The Bertz CT molecular complexity index is 1670. The molecule has 0 bridgehead atoms. The molecule has 0 aliphatic carbocycles. The Kier molecular flexibility index (Phi) is 16.0. The second-order valence-corrected chi connectivity index (χ2v) is 15.6. The summed E-state index contributed by atoms with van der Waals surface area (Å²) < 4.78 is 0. The number of amides is 6. The Morgan fingerprint density at radius 3 is 1.93 bits per heavy atom. The van der Waals surface area contributed by atoms with Gasteiger partial charge in [0.05, 0.1) is 12.1 Å². The van der Waals surface area contributed by atoms with E-state index in [-0.39, 0.29) is 31.0 Å². The van der Waals surface area contributed by atoms with E-state index in [1.54, 1.807) is 44.4 Å². The molecule has 1 aromatic carbocycles. The van der Waals surface area contributed by atoms with Crippen molar-refractivity contribution in [3.05, 3.63) is 59.2 Å². The number of carbonyl (C=O) groups is 8. The average Bonchev–Trinajstić information content (AvgIpc) is 3.42. The van der Waals surface area contributed by atoms with Crippen LogP contribution in [-0.2, 0) is 39.0 Å². The van der Waals surface area contributed by atoms with Crippen molar-refractivity contribution in [2.24, 2.45) is 11.3 Å². The Morgan fingerprint density at radius 2 is 1.45 bits per heavy atom. The quantitative estimate of drug-likeness (QED) is 0.0875. The van der Waals surface area contributed by atoms with E-state index in [2.05, 4.69) is 21.3 Å². The van der Waals surface area contributed by atoms with Gasteiger partial charge in [0, 0.05) is 55.3 Å². The molecule has 2 unspecified atom stereocenters. The van der Waals surface area contributed by atoms with Crippen molar-refractivity contribution in [2.75, 3.05) is 27.2 Å². The fourth-order valence-corrected chi connectivity index (χ4v) is 6.18. The largest absolute Gasteiger partial charge is 0.481 e.